The first-order valence-corrected chi connectivity index (χ1v) is 9.79. The maximum Gasteiger partial charge on any atom is 0.223 e. The van der Waals surface area contributed by atoms with Gasteiger partial charge < -0.3 is 15.2 Å². The molecule has 0 spiro atoms. The second kappa shape index (κ2) is 8.28. The Balaban J connectivity index is 1.42. The Labute approximate surface area is 164 Å². The number of β-amino-alcohol motifs (C(OH)–C–C–N with tert-alkyl or cyclic N) is 1. The lowest BCUT2D eigenvalue weighted by Gasteiger charge is -2.36. The first-order valence-electron chi connectivity index (χ1n) is 9.79. The number of hydrogen-bond acceptors (Lipinski definition) is 6. The van der Waals surface area contributed by atoms with E-state index < -0.39 is 6.10 Å². The predicted molar refractivity (Wildman–Crippen MR) is 103 cm³/mol. The lowest BCUT2D eigenvalue weighted by atomic mass is 10.0. The van der Waals surface area contributed by atoms with Crippen molar-refractivity contribution < 1.29 is 14.6 Å². The van der Waals surface area contributed by atoms with Crippen LogP contribution in [0, 0.1) is 5.92 Å². The van der Waals surface area contributed by atoms with Crippen LogP contribution in [-0.4, -0.2) is 63.0 Å². The normalized spacial score (nSPS) is 22.8. The van der Waals surface area contributed by atoms with E-state index in [4.69, 9.17) is 4.74 Å². The molecule has 1 amide bonds. The van der Waals surface area contributed by atoms with Crippen LogP contribution >= 0.6 is 0 Å². The number of aromatic nitrogens is 3. The maximum absolute atomic E-state index is 12.1. The molecule has 0 bridgehead atoms. The molecule has 1 aliphatic heterocycles. The average molecular weight is 385 g/mol. The number of carbonyl (C=O) groups is 1. The van der Waals surface area contributed by atoms with Crippen LogP contribution < -0.4 is 10.1 Å². The molecule has 1 aromatic heterocycles. The van der Waals surface area contributed by atoms with E-state index in [1.807, 2.05) is 12.1 Å². The van der Waals surface area contributed by atoms with E-state index >= 15 is 0 Å². The zero-order valence-corrected chi connectivity index (χ0v) is 16.1. The summed E-state index contributed by atoms with van der Waals surface area (Å²) in [5.41, 5.74) is 2.17. The number of piperidine rings is 1. The smallest absolute Gasteiger partial charge is 0.223 e. The van der Waals surface area contributed by atoms with Crippen LogP contribution in [0.15, 0.2) is 30.9 Å². The van der Waals surface area contributed by atoms with Crippen LogP contribution in [0.25, 0.3) is 0 Å². The van der Waals surface area contributed by atoms with E-state index in [2.05, 4.69) is 26.4 Å². The molecule has 0 unspecified atom stereocenters. The number of aliphatic hydroxyl groups excluding tert-OH is 1. The summed E-state index contributed by atoms with van der Waals surface area (Å²) in [6, 6.07) is 6.13. The molecule has 0 radical (unpaired) electrons. The molecular formula is C20H27N5O3. The summed E-state index contributed by atoms with van der Waals surface area (Å²) in [6.45, 7) is 2.65. The third kappa shape index (κ3) is 4.69. The Morgan fingerprint density at radius 1 is 1.32 bits per heavy atom. The number of methoxy groups -OCH3 is 1. The zero-order valence-electron chi connectivity index (χ0n) is 16.1. The van der Waals surface area contributed by atoms with Gasteiger partial charge in [-0.1, -0.05) is 6.07 Å². The SMILES string of the molecule is COc1ccc(CN2C[C@H](O)C[C@H](NC(=O)C3CC3)C2)cc1Cn1cncn1. The van der Waals surface area contributed by atoms with Crippen LogP contribution in [0.5, 0.6) is 5.75 Å². The van der Waals surface area contributed by atoms with Gasteiger partial charge in [0.25, 0.3) is 0 Å². The summed E-state index contributed by atoms with van der Waals surface area (Å²) < 4.78 is 7.24. The quantitative estimate of drug-likeness (QED) is 0.732. The van der Waals surface area contributed by atoms with E-state index in [1.54, 1.807) is 18.1 Å². The highest BCUT2D eigenvalue weighted by molar-refractivity contribution is 5.81. The number of nitrogens with zero attached hydrogens (tertiary/aromatic N) is 4. The summed E-state index contributed by atoms with van der Waals surface area (Å²) in [5.74, 6) is 1.14. The van der Waals surface area contributed by atoms with Gasteiger partial charge in [-0.2, -0.15) is 5.10 Å². The van der Waals surface area contributed by atoms with Gasteiger partial charge in [0.15, 0.2) is 0 Å². The zero-order chi connectivity index (χ0) is 19.5. The van der Waals surface area contributed by atoms with Crippen molar-refractivity contribution in [3.8, 4) is 5.75 Å². The van der Waals surface area contributed by atoms with E-state index in [0.717, 1.165) is 36.3 Å². The number of hydrogen-bond donors (Lipinski definition) is 2. The fraction of sp³-hybridized carbons (Fsp3) is 0.550. The van der Waals surface area contributed by atoms with E-state index in [-0.39, 0.29) is 17.9 Å². The van der Waals surface area contributed by atoms with Crippen molar-refractivity contribution in [2.24, 2.45) is 5.92 Å². The highest BCUT2D eigenvalue weighted by Crippen LogP contribution is 2.29. The van der Waals surface area contributed by atoms with Crippen LogP contribution in [0.4, 0.5) is 0 Å². The molecule has 4 rings (SSSR count). The van der Waals surface area contributed by atoms with Gasteiger partial charge in [-0.25, -0.2) is 9.67 Å². The van der Waals surface area contributed by atoms with E-state index in [9.17, 15) is 9.90 Å². The lowest BCUT2D eigenvalue weighted by Crippen LogP contribution is -2.52. The number of ether oxygens (including phenoxy) is 1. The van der Waals surface area contributed by atoms with Crippen molar-refractivity contribution in [2.45, 2.75) is 44.5 Å². The number of nitrogens with one attached hydrogen (secondary N) is 1. The average Bonchev–Trinajstić information content (AvgIpc) is 3.40. The molecule has 1 saturated carbocycles. The van der Waals surface area contributed by atoms with Crippen LogP contribution in [-0.2, 0) is 17.9 Å². The van der Waals surface area contributed by atoms with Crippen molar-refractivity contribution in [1.29, 1.82) is 0 Å². The van der Waals surface area contributed by atoms with Gasteiger partial charge in [0.2, 0.25) is 5.91 Å². The largest absolute Gasteiger partial charge is 0.496 e. The molecule has 2 heterocycles. The minimum Gasteiger partial charge on any atom is -0.496 e. The van der Waals surface area contributed by atoms with Crippen LogP contribution in [0.2, 0.25) is 0 Å². The fourth-order valence-electron chi connectivity index (χ4n) is 3.86. The maximum atomic E-state index is 12.1. The summed E-state index contributed by atoms with van der Waals surface area (Å²) in [6.07, 6.45) is 5.37. The third-order valence-corrected chi connectivity index (χ3v) is 5.35. The Kier molecular flexibility index (Phi) is 5.59. The number of amides is 1. The van der Waals surface area contributed by atoms with Crippen molar-refractivity contribution in [1.82, 2.24) is 25.0 Å². The Morgan fingerprint density at radius 3 is 2.89 bits per heavy atom. The van der Waals surface area contributed by atoms with Crippen molar-refractivity contribution in [3.05, 3.63) is 42.0 Å². The first-order chi connectivity index (χ1) is 13.6. The summed E-state index contributed by atoms with van der Waals surface area (Å²) >= 11 is 0. The molecule has 28 heavy (non-hydrogen) atoms. The number of benzene rings is 1. The first kappa shape index (κ1) is 18.9. The number of likely N-dealkylation sites (tertiary alicyclic amines) is 1. The van der Waals surface area contributed by atoms with Gasteiger partial charge in [0.05, 0.1) is 19.8 Å². The molecule has 2 aromatic rings. The highest BCUT2D eigenvalue weighted by atomic mass is 16.5. The van der Waals surface area contributed by atoms with Crippen LogP contribution in [0.1, 0.15) is 30.4 Å². The predicted octanol–water partition coefficient (Wildman–Crippen LogP) is 0.796. The molecule has 8 nitrogen and oxygen atoms in total. The summed E-state index contributed by atoms with van der Waals surface area (Å²) in [4.78, 5) is 18.3. The fourth-order valence-corrected chi connectivity index (χ4v) is 3.86. The molecule has 2 atom stereocenters. The van der Waals surface area contributed by atoms with Crippen molar-refractivity contribution in [3.63, 3.8) is 0 Å². The molecule has 2 aliphatic rings. The molecule has 1 aliphatic carbocycles. The number of rotatable bonds is 7. The summed E-state index contributed by atoms with van der Waals surface area (Å²) in [7, 11) is 1.66. The molecule has 8 heteroatoms. The van der Waals surface area contributed by atoms with Gasteiger partial charge >= 0.3 is 0 Å². The van der Waals surface area contributed by atoms with Gasteiger partial charge in [-0.05, 0) is 37.0 Å². The second-order valence-corrected chi connectivity index (χ2v) is 7.80. The molecule has 2 fully saturated rings. The van der Waals surface area contributed by atoms with Crippen LogP contribution in [0.3, 0.4) is 0 Å². The third-order valence-electron chi connectivity index (χ3n) is 5.35. The highest BCUT2D eigenvalue weighted by Gasteiger charge is 2.33. The van der Waals surface area contributed by atoms with Gasteiger partial charge in [-0.15, -0.1) is 0 Å². The van der Waals surface area contributed by atoms with Gasteiger partial charge in [0.1, 0.15) is 18.4 Å². The van der Waals surface area contributed by atoms with E-state index in [0.29, 0.717) is 26.1 Å². The minimum absolute atomic E-state index is 0.00437. The van der Waals surface area contributed by atoms with E-state index in [1.165, 1.54) is 6.33 Å². The second-order valence-electron chi connectivity index (χ2n) is 7.80. The molecule has 1 aromatic carbocycles. The molecule has 150 valence electrons. The Hall–Kier alpha value is -2.45. The minimum atomic E-state index is -0.425. The standard InChI is InChI=1S/C20H27N5O3/c1-28-19-5-2-14(6-16(19)9-25-13-21-12-22-25)8-24-10-17(7-18(26)11-24)23-20(27)15-3-4-15/h2,5-6,12-13,15,17-18,26H,3-4,7-11H2,1H3,(H,23,27)/t17-,18+/m0/s1. The molecule has 1 saturated heterocycles. The molecular weight excluding hydrogens is 358 g/mol. The van der Waals surface area contributed by atoms with Crippen molar-refractivity contribution in [2.75, 3.05) is 20.2 Å². The topological polar surface area (TPSA) is 92.5 Å². The molecule has 2 N–H and O–H groups in total. The Morgan fingerprint density at radius 2 is 2.18 bits per heavy atom. The lowest BCUT2D eigenvalue weighted by molar-refractivity contribution is -0.123. The Bertz CT molecular complexity index is 806. The van der Waals surface area contributed by atoms with Crippen molar-refractivity contribution >= 4 is 5.91 Å². The van der Waals surface area contributed by atoms with Gasteiger partial charge in [0, 0.05) is 37.2 Å². The number of carbonyl (C=O) groups excluding carboxylic acids is 1. The summed E-state index contributed by atoms with van der Waals surface area (Å²) in [5, 5.41) is 17.5. The monoisotopic (exact) mass is 385 g/mol. The number of aliphatic hydroxyl groups is 1. The van der Waals surface area contributed by atoms with Gasteiger partial charge in [-0.3, -0.25) is 9.69 Å².